The minimum absolute atomic E-state index is 0.0510. The van der Waals surface area contributed by atoms with Crippen LogP contribution in [0.5, 0.6) is 0 Å². The van der Waals surface area contributed by atoms with Crippen LogP contribution in [0, 0.1) is 5.82 Å². The number of aromatic nitrogens is 1. The van der Waals surface area contributed by atoms with Crippen molar-refractivity contribution >= 4 is 5.97 Å². The molecular formula is C13H10FNO3. The van der Waals surface area contributed by atoms with E-state index >= 15 is 0 Å². The van der Waals surface area contributed by atoms with E-state index in [0.29, 0.717) is 5.56 Å². The average Bonchev–Trinajstić information content (AvgIpc) is 2.32. The van der Waals surface area contributed by atoms with Crippen LogP contribution in [0.1, 0.15) is 15.9 Å². The van der Waals surface area contributed by atoms with Crippen LogP contribution < -0.4 is 5.43 Å². The van der Waals surface area contributed by atoms with Crippen molar-refractivity contribution in [1.82, 2.24) is 4.57 Å². The molecule has 0 spiro atoms. The van der Waals surface area contributed by atoms with Crippen molar-refractivity contribution in [1.29, 1.82) is 0 Å². The lowest BCUT2D eigenvalue weighted by atomic mass is 10.1. The van der Waals surface area contributed by atoms with E-state index in [0.717, 1.165) is 6.07 Å². The van der Waals surface area contributed by atoms with Gasteiger partial charge in [0.15, 0.2) is 5.43 Å². The van der Waals surface area contributed by atoms with Crippen LogP contribution in [-0.2, 0) is 6.54 Å². The first-order chi connectivity index (χ1) is 8.56. The van der Waals surface area contributed by atoms with Gasteiger partial charge in [0.1, 0.15) is 5.82 Å². The fourth-order valence-corrected chi connectivity index (χ4v) is 1.65. The summed E-state index contributed by atoms with van der Waals surface area (Å²) in [7, 11) is 0. The summed E-state index contributed by atoms with van der Waals surface area (Å²) < 4.78 is 14.7. The first kappa shape index (κ1) is 12.0. The van der Waals surface area contributed by atoms with E-state index in [2.05, 4.69) is 0 Å². The van der Waals surface area contributed by atoms with E-state index < -0.39 is 11.8 Å². The van der Waals surface area contributed by atoms with Gasteiger partial charge in [-0.3, -0.25) is 4.79 Å². The normalized spacial score (nSPS) is 10.3. The lowest BCUT2D eigenvalue weighted by Gasteiger charge is -2.09. The summed E-state index contributed by atoms with van der Waals surface area (Å²) in [5, 5.41) is 9.00. The number of benzene rings is 1. The smallest absolute Gasteiger partial charge is 0.336 e. The van der Waals surface area contributed by atoms with Gasteiger partial charge in [0.25, 0.3) is 0 Å². The zero-order chi connectivity index (χ0) is 13.1. The van der Waals surface area contributed by atoms with Gasteiger partial charge in [-0.1, -0.05) is 0 Å². The first-order valence-electron chi connectivity index (χ1n) is 5.24. The van der Waals surface area contributed by atoms with E-state index in [9.17, 15) is 14.0 Å². The van der Waals surface area contributed by atoms with Gasteiger partial charge >= 0.3 is 5.97 Å². The minimum Gasteiger partial charge on any atom is -0.478 e. The highest BCUT2D eigenvalue weighted by molar-refractivity contribution is 5.89. The number of rotatable bonds is 3. The van der Waals surface area contributed by atoms with Gasteiger partial charge in [-0.2, -0.15) is 0 Å². The van der Waals surface area contributed by atoms with E-state index in [1.807, 2.05) is 0 Å². The molecule has 2 rings (SSSR count). The Bertz CT molecular complexity index is 628. The van der Waals surface area contributed by atoms with Gasteiger partial charge in [-0.15, -0.1) is 0 Å². The molecule has 1 aromatic carbocycles. The fraction of sp³-hybridized carbons (Fsp3) is 0.0769. The molecule has 0 fully saturated rings. The minimum atomic E-state index is -1.11. The molecule has 0 bridgehead atoms. The third-order valence-electron chi connectivity index (χ3n) is 2.51. The van der Waals surface area contributed by atoms with Gasteiger partial charge in [0.2, 0.25) is 0 Å². The zero-order valence-electron chi connectivity index (χ0n) is 9.34. The molecule has 0 atom stereocenters. The predicted molar refractivity (Wildman–Crippen MR) is 63.2 cm³/mol. The summed E-state index contributed by atoms with van der Waals surface area (Å²) in [6.45, 7) is 0.194. The molecule has 1 heterocycles. The largest absolute Gasteiger partial charge is 0.478 e. The second kappa shape index (κ2) is 4.83. The van der Waals surface area contributed by atoms with Crippen LogP contribution in [0.3, 0.4) is 0 Å². The Kier molecular flexibility index (Phi) is 3.23. The number of nitrogens with zero attached hydrogens (tertiary/aromatic N) is 1. The molecule has 0 unspecified atom stereocenters. The molecule has 0 aliphatic carbocycles. The SMILES string of the molecule is O=C(O)c1ccc(F)cc1Cn1ccc(=O)cc1. The molecule has 0 saturated heterocycles. The fourth-order valence-electron chi connectivity index (χ4n) is 1.65. The number of carbonyl (C=O) groups is 1. The van der Waals surface area contributed by atoms with Crippen molar-refractivity contribution in [2.24, 2.45) is 0 Å². The summed E-state index contributed by atoms with van der Waals surface area (Å²) in [5.41, 5.74) is 0.269. The molecule has 18 heavy (non-hydrogen) atoms. The van der Waals surface area contributed by atoms with Crippen LogP contribution in [0.25, 0.3) is 0 Å². The number of hydrogen-bond acceptors (Lipinski definition) is 2. The highest BCUT2D eigenvalue weighted by atomic mass is 19.1. The maximum Gasteiger partial charge on any atom is 0.336 e. The van der Waals surface area contributed by atoms with Crippen molar-refractivity contribution in [2.45, 2.75) is 6.54 Å². The second-order valence-electron chi connectivity index (χ2n) is 3.81. The van der Waals surface area contributed by atoms with Crippen molar-refractivity contribution in [2.75, 3.05) is 0 Å². The Morgan fingerprint density at radius 2 is 1.89 bits per heavy atom. The first-order valence-corrected chi connectivity index (χ1v) is 5.24. The molecule has 4 nitrogen and oxygen atoms in total. The Labute approximate surface area is 102 Å². The standard InChI is InChI=1S/C13H10FNO3/c14-10-1-2-12(13(17)18)9(7-10)8-15-5-3-11(16)4-6-15/h1-7H,8H2,(H,17,18). The predicted octanol–water partition coefficient (Wildman–Crippen LogP) is 1.73. The highest BCUT2D eigenvalue weighted by Crippen LogP contribution is 2.13. The van der Waals surface area contributed by atoms with Crippen molar-refractivity contribution in [3.8, 4) is 0 Å². The molecule has 0 radical (unpaired) electrons. The number of pyridine rings is 1. The lowest BCUT2D eigenvalue weighted by Crippen LogP contribution is -2.09. The number of aromatic carboxylic acids is 1. The van der Waals surface area contributed by atoms with Gasteiger partial charge < -0.3 is 9.67 Å². The topological polar surface area (TPSA) is 59.3 Å². The number of carboxylic acid groups (broad SMARTS) is 1. The van der Waals surface area contributed by atoms with Crippen LogP contribution >= 0.6 is 0 Å². The number of halogens is 1. The Hall–Kier alpha value is -2.43. The van der Waals surface area contributed by atoms with Gasteiger partial charge in [-0.25, -0.2) is 9.18 Å². The monoisotopic (exact) mass is 247 g/mol. The maximum absolute atomic E-state index is 13.1. The van der Waals surface area contributed by atoms with Gasteiger partial charge in [-0.05, 0) is 23.8 Å². The molecular weight excluding hydrogens is 237 g/mol. The Morgan fingerprint density at radius 3 is 2.50 bits per heavy atom. The molecule has 1 aromatic heterocycles. The summed E-state index contributed by atoms with van der Waals surface area (Å²) in [5.74, 6) is -1.60. The molecule has 0 aliphatic rings. The number of carboxylic acids is 1. The van der Waals surface area contributed by atoms with Gasteiger partial charge in [0.05, 0.1) is 5.56 Å². The van der Waals surface area contributed by atoms with E-state index in [4.69, 9.17) is 5.11 Å². The van der Waals surface area contributed by atoms with E-state index in [1.165, 1.54) is 36.7 Å². The Morgan fingerprint density at radius 1 is 1.22 bits per heavy atom. The second-order valence-corrected chi connectivity index (χ2v) is 3.81. The summed E-state index contributed by atoms with van der Waals surface area (Å²) in [6.07, 6.45) is 3.05. The molecule has 1 N–H and O–H groups in total. The molecule has 5 heteroatoms. The molecule has 0 aliphatic heterocycles. The average molecular weight is 247 g/mol. The molecule has 92 valence electrons. The van der Waals surface area contributed by atoms with E-state index in [-0.39, 0.29) is 17.5 Å². The third kappa shape index (κ3) is 2.63. The Balaban J connectivity index is 2.38. The summed E-state index contributed by atoms with van der Waals surface area (Å²) in [6, 6.07) is 6.24. The molecule has 2 aromatic rings. The maximum atomic E-state index is 13.1. The van der Waals surface area contributed by atoms with E-state index in [1.54, 1.807) is 4.57 Å². The van der Waals surface area contributed by atoms with Crippen molar-refractivity contribution in [3.63, 3.8) is 0 Å². The third-order valence-corrected chi connectivity index (χ3v) is 2.51. The van der Waals surface area contributed by atoms with Crippen LogP contribution in [0.15, 0.2) is 47.5 Å². The lowest BCUT2D eigenvalue weighted by molar-refractivity contribution is 0.0695. The highest BCUT2D eigenvalue weighted by Gasteiger charge is 2.10. The number of hydrogen-bond donors (Lipinski definition) is 1. The molecule has 0 saturated carbocycles. The van der Waals surface area contributed by atoms with Gasteiger partial charge in [0, 0.05) is 31.1 Å². The zero-order valence-corrected chi connectivity index (χ0v) is 9.34. The van der Waals surface area contributed by atoms with Crippen molar-refractivity contribution < 1.29 is 14.3 Å². The summed E-state index contributed by atoms with van der Waals surface area (Å²) >= 11 is 0. The summed E-state index contributed by atoms with van der Waals surface area (Å²) in [4.78, 5) is 21.9. The quantitative estimate of drug-likeness (QED) is 0.898. The van der Waals surface area contributed by atoms with Crippen molar-refractivity contribution in [3.05, 3.63) is 69.9 Å². The molecule has 0 amide bonds. The van der Waals surface area contributed by atoms with Crippen LogP contribution in [-0.4, -0.2) is 15.6 Å². The van der Waals surface area contributed by atoms with Crippen LogP contribution in [0.4, 0.5) is 4.39 Å². The van der Waals surface area contributed by atoms with Crippen LogP contribution in [0.2, 0.25) is 0 Å².